The third-order valence-corrected chi connectivity index (χ3v) is 3.24. The van der Waals surface area contributed by atoms with E-state index in [0.29, 0.717) is 12.8 Å². The molecule has 0 aromatic carbocycles. The minimum absolute atomic E-state index is 0.306. The maximum absolute atomic E-state index is 12.2. The van der Waals surface area contributed by atoms with Crippen molar-refractivity contribution in [3.8, 4) is 0 Å². The fourth-order valence-corrected chi connectivity index (χ4v) is 2.23. The van der Waals surface area contributed by atoms with Gasteiger partial charge in [-0.1, -0.05) is 12.8 Å². The van der Waals surface area contributed by atoms with Gasteiger partial charge in [-0.2, -0.15) is 0 Å². The van der Waals surface area contributed by atoms with Crippen molar-refractivity contribution >= 4 is 17.5 Å². The first-order valence-electron chi connectivity index (χ1n) is 5.89. The van der Waals surface area contributed by atoms with Gasteiger partial charge in [0.15, 0.2) is 11.6 Å². The van der Waals surface area contributed by atoms with Crippen LogP contribution in [0.4, 0.5) is 8.78 Å². The molecule has 0 spiro atoms. The Hall–Kier alpha value is -1.33. The van der Waals surface area contributed by atoms with Crippen molar-refractivity contribution in [3.63, 3.8) is 0 Å². The highest BCUT2D eigenvalue weighted by Crippen LogP contribution is 2.29. The molecule has 0 radical (unpaired) electrons. The first-order valence-corrected chi connectivity index (χ1v) is 5.89. The van der Waals surface area contributed by atoms with E-state index in [1.165, 1.54) is 0 Å². The second-order valence-electron chi connectivity index (χ2n) is 4.43. The van der Waals surface area contributed by atoms with Crippen LogP contribution in [0.1, 0.15) is 32.1 Å². The molecule has 4 nitrogen and oxygen atoms in total. The van der Waals surface area contributed by atoms with Gasteiger partial charge >= 0.3 is 5.97 Å². The van der Waals surface area contributed by atoms with Crippen LogP contribution in [-0.2, 0) is 19.1 Å². The Balaban J connectivity index is 2.74. The molecule has 1 rings (SSSR count). The number of halogens is 2. The minimum Gasteiger partial charge on any atom is -0.468 e. The van der Waals surface area contributed by atoms with E-state index < -0.39 is 36.3 Å². The van der Waals surface area contributed by atoms with Crippen molar-refractivity contribution in [2.75, 3.05) is 7.11 Å². The highest BCUT2D eigenvalue weighted by atomic mass is 19.3. The van der Waals surface area contributed by atoms with Crippen LogP contribution in [0.2, 0.25) is 0 Å². The standard InChI is InChI=1S/C12H16F2O4/c1-18-12(17)8(6-9(15)11(13)14)10(16)7-4-2-3-5-7/h7-8,11H,2-6H2,1H3. The van der Waals surface area contributed by atoms with Gasteiger partial charge in [0.25, 0.3) is 6.43 Å². The average Bonchev–Trinajstić information content (AvgIpc) is 2.87. The van der Waals surface area contributed by atoms with E-state index in [2.05, 4.69) is 4.74 Å². The average molecular weight is 262 g/mol. The number of carbonyl (C=O) groups is 3. The highest BCUT2D eigenvalue weighted by molar-refractivity contribution is 6.03. The number of carbonyl (C=O) groups excluding carboxylic acids is 3. The summed E-state index contributed by atoms with van der Waals surface area (Å²) in [5.41, 5.74) is 0. The summed E-state index contributed by atoms with van der Waals surface area (Å²) in [7, 11) is 1.07. The van der Waals surface area contributed by atoms with Gasteiger partial charge in [0.2, 0.25) is 0 Å². The van der Waals surface area contributed by atoms with Gasteiger partial charge in [-0.3, -0.25) is 14.4 Å². The number of esters is 1. The van der Waals surface area contributed by atoms with E-state index in [0.717, 1.165) is 20.0 Å². The molecule has 1 unspecified atom stereocenters. The van der Waals surface area contributed by atoms with Crippen molar-refractivity contribution in [3.05, 3.63) is 0 Å². The van der Waals surface area contributed by atoms with Gasteiger partial charge in [-0.15, -0.1) is 0 Å². The SMILES string of the molecule is COC(=O)C(CC(=O)C(F)F)C(=O)C1CCCC1. The van der Waals surface area contributed by atoms with Crippen LogP contribution in [-0.4, -0.2) is 31.1 Å². The maximum Gasteiger partial charge on any atom is 0.316 e. The Morgan fingerprint density at radius 3 is 2.22 bits per heavy atom. The van der Waals surface area contributed by atoms with Crippen molar-refractivity contribution in [2.45, 2.75) is 38.5 Å². The normalized spacial score (nSPS) is 17.8. The summed E-state index contributed by atoms with van der Waals surface area (Å²) < 4.78 is 28.8. The fraction of sp³-hybridized carbons (Fsp3) is 0.750. The van der Waals surface area contributed by atoms with Crippen molar-refractivity contribution in [2.24, 2.45) is 11.8 Å². The number of ether oxygens (including phenoxy) is 1. The number of Topliss-reactive ketones (excluding diaryl/α,β-unsaturated/α-hetero) is 2. The van der Waals surface area contributed by atoms with Gasteiger partial charge in [-0.05, 0) is 12.8 Å². The molecular weight excluding hydrogens is 246 g/mol. The second-order valence-corrected chi connectivity index (χ2v) is 4.43. The van der Waals surface area contributed by atoms with E-state index in [-0.39, 0.29) is 5.92 Å². The minimum atomic E-state index is -3.16. The van der Waals surface area contributed by atoms with Gasteiger partial charge in [0.05, 0.1) is 7.11 Å². The summed E-state index contributed by atoms with van der Waals surface area (Å²) in [6.07, 6.45) is -0.863. The third kappa shape index (κ3) is 3.58. The number of methoxy groups -OCH3 is 1. The number of hydrogen-bond acceptors (Lipinski definition) is 4. The van der Waals surface area contributed by atoms with E-state index in [4.69, 9.17) is 0 Å². The molecule has 18 heavy (non-hydrogen) atoms. The molecule has 1 aliphatic rings. The van der Waals surface area contributed by atoms with Crippen LogP contribution in [0.25, 0.3) is 0 Å². The summed E-state index contributed by atoms with van der Waals surface area (Å²) in [5, 5.41) is 0. The summed E-state index contributed by atoms with van der Waals surface area (Å²) in [6.45, 7) is 0. The molecule has 0 amide bonds. The zero-order chi connectivity index (χ0) is 13.7. The predicted octanol–water partition coefficient (Wildman–Crippen LogP) is 1.76. The quantitative estimate of drug-likeness (QED) is 0.540. The monoisotopic (exact) mass is 262 g/mol. The summed E-state index contributed by atoms with van der Waals surface area (Å²) in [5.74, 6) is -4.41. The summed E-state index contributed by atoms with van der Waals surface area (Å²) in [6, 6.07) is 0. The Labute approximate surface area is 104 Å². The van der Waals surface area contributed by atoms with Gasteiger partial charge in [-0.25, -0.2) is 8.78 Å². The largest absolute Gasteiger partial charge is 0.468 e. The lowest BCUT2D eigenvalue weighted by atomic mass is 9.88. The molecule has 0 aliphatic heterocycles. The van der Waals surface area contributed by atoms with Crippen molar-refractivity contribution in [1.29, 1.82) is 0 Å². The van der Waals surface area contributed by atoms with Crippen LogP contribution in [0.3, 0.4) is 0 Å². The van der Waals surface area contributed by atoms with E-state index in [1.807, 2.05) is 0 Å². The van der Waals surface area contributed by atoms with Gasteiger partial charge in [0.1, 0.15) is 5.92 Å². The predicted molar refractivity (Wildman–Crippen MR) is 58.1 cm³/mol. The maximum atomic E-state index is 12.2. The lowest BCUT2D eigenvalue weighted by Crippen LogP contribution is -2.33. The molecule has 6 heteroatoms. The Bertz CT molecular complexity index is 335. The molecule has 102 valence electrons. The van der Waals surface area contributed by atoms with E-state index in [9.17, 15) is 23.2 Å². The first-order chi connectivity index (χ1) is 8.47. The van der Waals surface area contributed by atoms with Gasteiger partial charge in [0, 0.05) is 12.3 Å². The lowest BCUT2D eigenvalue weighted by molar-refractivity contribution is -0.153. The highest BCUT2D eigenvalue weighted by Gasteiger charge is 2.37. The first kappa shape index (κ1) is 14.7. The number of alkyl halides is 2. The Morgan fingerprint density at radius 2 is 1.78 bits per heavy atom. The summed E-state index contributed by atoms with van der Waals surface area (Å²) in [4.78, 5) is 34.4. The van der Waals surface area contributed by atoms with Crippen molar-refractivity contribution in [1.82, 2.24) is 0 Å². The van der Waals surface area contributed by atoms with Gasteiger partial charge < -0.3 is 4.74 Å². The molecular formula is C12H16F2O4. The van der Waals surface area contributed by atoms with Crippen LogP contribution in [0.5, 0.6) is 0 Å². The molecule has 0 aromatic rings. The Kier molecular flexibility index (Phi) is 5.37. The van der Waals surface area contributed by atoms with E-state index in [1.54, 1.807) is 0 Å². The molecule has 1 atom stereocenters. The number of hydrogen-bond donors (Lipinski definition) is 0. The van der Waals surface area contributed by atoms with E-state index >= 15 is 0 Å². The zero-order valence-corrected chi connectivity index (χ0v) is 10.2. The molecule has 1 aliphatic carbocycles. The smallest absolute Gasteiger partial charge is 0.316 e. The number of rotatable bonds is 6. The van der Waals surface area contributed by atoms with Crippen molar-refractivity contribution < 1.29 is 27.9 Å². The van der Waals surface area contributed by atoms with Crippen LogP contribution >= 0.6 is 0 Å². The topological polar surface area (TPSA) is 60.4 Å². The molecule has 0 heterocycles. The number of ketones is 2. The lowest BCUT2D eigenvalue weighted by Gasteiger charge is -2.16. The zero-order valence-electron chi connectivity index (χ0n) is 10.2. The summed E-state index contributed by atoms with van der Waals surface area (Å²) >= 11 is 0. The Morgan fingerprint density at radius 1 is 1.22 bits per heavy atom. The van der Waals surface area contributed by atoms with Crippen LogP contribution in [0.15, 0.2) is 0 Å². The molecule has 0 bridgehead atoms. The molecule has 1 saturated carbocycles. The molecule has 0 aromatic heterocycles. The fourth-order valence-electron chi connectivity index (χ4n) is 2.23. The molecule has 0 saturated heterocycles. The van der Waals surface area contributed by atoms with Crippen LogP contribution < -0.4 is 0 Å². The third-order valence-electron chi connectivity index (χ3n) is 3.24. The second kappa shape index (κ2) is 6.56. The molecule has 1 fully saturated rings. The molecule has 0 N–H and O–H groups in total. The van der Waals surface area contributed by atoms with Crippen LogP contribution in [0, 0.1) is 11.8 Å².